The van der Waals surface area contributed by atoms with Gasteiger partial charge in [0.15, 0.2) is 9.84 Å². The van der Waals surface area contributed by atoms with E-state index in [1.54, 1.807) is 29.2 Å². The molecule has 0 aliphatic heterocycles. The van der Waals surface area contributed by atoms with E-state index >= 15 is 0 Å². The molecule has 1 heterocycles. The average molecular weight is 292 g/mol. The second kappa shape index (κ2) is 5.46. The molecule has 1 aromatic carbocycles. The summed E-state index contributed by atoms with van der Waals surface area (Å²) in [6.45, 7) is 2.19. The Balaban J connectivity index is 2.17. The smallest absolute Gasteiger partial charge is 0.180 e. The first-order valence-corrected chi connectivity index (χ1v) is 7.70. The van der Waals surface area contributed by atoms with E-state index in [4.69, 9.17) is 11.1 Å². The van der Waals surface area contributed by atoms with Gasteiger partial charge in [-0.15, -0.1) is 0 Å². The lowest BCUT2D eigenvalue weighted by atomic mass is 10.2. The molecule has 2 aromatic rings. The fourth-order valence-corrected chi connectivity index (χ4v) is 3.03. The summed E-state index contributed by atoms with van der Waals surface area (Å²) in [5.41, 5.74) is 6.76. The van der Waals surface area contributed by atoms with E-state index in [-0.39, 0.29) is 16.5 Å². The predicted molar refractivity (Wildman–Crippen MR) is 76.5 cm³/mol. The third kappa shape index (κ3) is 3.24. The highest BCUT2D eigenvalue weighted by Gasteiger charge is 2.15. The number of hydrogen-bond donors (Lipinski definition) is 2. The zero-order chi connectivity index (χ0) is 14.8. The minimum absolute atomic E-state index is 0.0462. The van der Waals surface area contributed by atoms with Gasteiger partial charge in [-0.1, -0.05) is 12.1 Å². The summed E-state index contributed by atoms with van der Waals surface area (Å²) >= 11 is 0. The van der Waals surface area contributed by atoms with Gasteiger partial charge in [0, 0.05) is 11.8 Å². The summed E-state index contributed by atoms with van der Waals surface area (Å²) in [5, 5.41) is 11.4. The van der Waals surface area contributed by atoms with E-state index in [2.05, 4.69) is 5.10 Å². The van der Waals surface area contributed by atoms with Crippen molar-refractivity contribution < 1.29 is 8.42 Å². The van der Waals surface area contributed by atoms with Crippen LogP contribution in [0.4, 0.5) is 0 Å². The van der Waals surface area contributed by atoms with Crippen LogP contribution in [-0.4, -0.2) is 29.8 Å². The van der Waals surface area contributed by atoms with Gasteiger partial charge in [0.25, 0.3) is 0 Å². The molecule has 0 aliphatic rings. The van der Waals surface area contributed by atoms with Crippen molar-refractivity contribution >= 4 is 15.7 Å². The highest BCUT2D eigenvalue weighted by atomic mass is 32.2. The molecule has 3 N–H and O–H groups in total. The van der Waals surface area contributed by atoms with E-state index in [0.717, 1.165) is 5.56 Å². The van der Waals surface area contributed by atoms with Crippen LogP contribution in [0.3, 0.4) is 0 Å². The maximum absolute atomic E-state index is 12.2. The Bertz CT molecular complexity index is 734. The zero-order valence-corrected chi connectivity index (χ0v) is 11.9. The molecule has 0 atom stereocenters. The lowest BCUT2D eigenvalue weighted by molar-refractivity contribution is 0.580. The van der Waals surface area contributed by atoms with Crippen molar-refractivity contribution in [2.24, 2.45) is 5.73 Å². The molecule has 0 saturated carbocycles. The minimum Gasteiger partial charge on any atom is -0.384 e. The first-order valence-electron chi connectivity index (χ1n) is 6.05. The molecule has 0 spiro atoms. The highest BCUT2D eigenvalue weighted by Crippen LogP contribution is 2.13. The summed E-state index contributed by atoms with van der Waals surface area (Å²) in [5.74, 6) is -0.195. The number of nitrogens with two attached hydrogens (primary N) is 1. The summed E-state index contributed by atoms with van der Waals surface area (Å²) in [6, 6.07) is 6.13. The van der Waals surface area contributed by atoms with Crippen LogP contribution in [0.15, 0.2) is 41.6 Å². The normalized spacial score (nSPS) is 11.4. The quantitative estimate of drug-likeness (QED) is 0.632. The molecule has 7 heteroatoms. The standard InChI is InChI=1S/C13H16N4O2S/c1-10-8-16-17(9-10)5-6-20(18,19)12-4-2-3-11(7-12)13(14)15/h2-4,7-9H,5-6H2,1H3,(H3,14,15). The number of benzene rings is 1. The zero-order valence-electron chi connectivity index (χ0n) is 11.1. The number of nitrogens with zero attached hydrogens (tertiary/aromatic N) is 2. The van der Waals surface area contributed by atoms with Crippen molar-refractivity contribution in [1.82, 2.24) is 9.78 Å². The first-order chi connectivity index (χ1) is 9.38. The van der Waals surface area contributed by atoms with Gasteiger partial charge in [-0.3, -0.25) is 10.1 Å². The van der Waals surface area contributed by atoms with Crippen LogP contribution in [0.5, 0.6) is 0 Å². The first kappa shape index (κ1) is 14.3. The van der Waals surface area contributed by atoms with E-state index in [0.29, 0.717) is 12.1 Å². The van der Waals surface area contributed by atoms with Gasteiger partial charge < -0.3 is 5.73 Å². The molecule has 0 bridgehead atoms. The van der Waals surface area contributed by atoms with Crippen molar-refractivity contribution in [2.75, 3.05) is 5.75 Å². The van der Waals surface area contributed by atoms with Gasteiger partial charge in [-0.2, -0.15) is 5.10 Å². The Hall–Kier alpha value is -2.15. The second-order valence-electron chi connectivity index (χ2n) is 4.54. The van der Waals surface area contributed by atoms with Crippen LogP contribution in [0, 0.1) is 12.3 Å². The van der Waals surface area contributed by atoms with Crippen LogP contribution in [0.1, 0.15) is 11.1 Å². The van der Waals surface area contributed by atoms with E-state index < -0.39 is 9.84 Å². The second-order valence-corrected chi connectivity index (χ2v) is 6.65. The molecular weight excluding hydrogens is 276 g/mol. The molecule has 0 radical (unpaired) electrons. The van der Waals surface area contributed by atoms with Crippen LogP contribution >= 0.6 is 0 Å². The van der Waals surface area contributed by atoms with Crippen LogP contribution in [0.25, 0.3) is 0 Å². The van der Waals surface area contributed by atoms with E-state index in [9.17, 15) is 8.42 Å². The maximum Gasteiger partial charge on any atom is 0.180 e. The number of nitrogen functional groups attached to an aromatic ring is 1. The van der Waals surface area contributed by atoms with Gasteiger partial charge >= 0.3 is 0 Å². The summed E-state index contributed by atoms with van der Waals surface area (Å²) in [4.78, 5) is 0.175. The monoisotopic (exact) mass is 292 g/mol. The number of aryl methyl sites for hydroxylation is 2. The Labute approximate surface area is 117 Å². The third-order valence-corrected chi connectivity index (χ3v) is 4.55. The Morgan fingerprint density at radius 3 is 2.80 bits per heavy atom. The average Bonchev–Trinajstić information content (AvgIpc) is 2.82. The van der Waals surface area contributed by atoms with Crippen molar-refractivity contribution in [3.8, 4) is 0 Å². The highest BCUT2D eigenvalue weighted by molar-refractivity contribution is 7.91. The largest absolute Gasteiger partial charge is 0.384 e. The van der Waals surface area contributed by atoms with Crippen molar-refractivity contribution in [1.29, 1.82) is 5.41 Å². The molecule has 2 rings (SSSR count). The van der Waals surface area contributed by atoms with Crippen molar-refractivity contribution in [2.45, 2.75) is 18.4 Å². The van der Waals surface area contributed by atoms with Gasteiger partial charge in [-0.05, 0) is 24.6 Å². The van der Waals surface area contributed by atoms with Gasteiger partial charge in [0.05, 0.1) is 23.4 Å². The number of aromatic nitrogens is 2. The number of sulfone groups is 1. The molecule has 0 aliphatic carbocycles. The van der Waals surface area contributed by atoms with Gasteiger partial charge in [0.2, 0.25) is 0 Å². The summed E-state index contributed by atoms with van der Waals surface area (Å²) in [7, 11) is -3.42. The maximum atomic E-state index is 12.2. The molecule has 1 aromatic heterocycles. The summed E-state index contributed by atoms with van der Waals surface area (Å²) < 4.78 is 26.1. The predicted octanol–water partition coefficient (Wildman–Crippen LogP) is 0.949. The molecule has 106 valence electrons. The van der Waals surface area contributed by atoms with E-state index in [1.165, 1.54) is 12.1 Å². The SMILES string of the molecule is Cc1cnn(CCS(=O)(=O)c2cccc(C(=N)N)c2)c1. The van der Waals surface area contributed by atoms with Crippen LogP contribution in [0.2, 0.25) is 0 Å². The topological polar surface area (TPSA) is 102 Å². The molecular formula is C13H16N4O2S. The minimum atomic E-state index is -3.42. The molecule has 0 amide bonds. The Morgan fingerprint density at radius 1 is 1.45 bits per heavy atom. The number of amidine groups is 1. The number of nitrogens with one attached hydrogen (secondary N) is 1. The van der Waals surface area contributed by atoms with E-state index in [1.807, 2.05) is 6.92 Å². The molecule has 20 heavy (non-hydrogen) atoms. The van der Waals surface area contributed by atoms with Crippen molar-refractivity contribution in [3.63, 3.8) is 0 Å². The molecule has 0 unspecified atom stereocenters. The summed E-state index contributed by atoms with van der Waals surface area (Å²) in [6.07, 6.45) is 3.48. The Kier molecular flexibility index (Phi) is 3.89. The van der Waals surface area contributed by atoms with Crippen LogP contribution < -0.4 is 5.73 Å². The molecule has 6 nitrogen and oxygen atoms in total. The van der Waals surface area contributed by atoms with Gasteiger partial charge in [0.1, 0.15) is 5.84 Å². The number of hydrogen-bond acceptors (Lipinski definition) is 4. The van der Waals surface area contributed by atoms with Crippen LogP contribution in [-0.2, 0) is 16.4 Å². The lowest BCUT2D eigenvalue weighted by Crippen LogP contribution is -2.15. The number of rotatable bonds is 5. The van der Waals surface area contributed by atoms with Gasteiger partial charge in [-0.25, -0.2) is 8.42 Å². The lowest BCUT2D eigenvalue weighted by Gasteiger charge is -2.06. The molecule has 0 fully saturated rings. The molecule has 0 saturated heterocycles. The fourth-order valence-electron chi connectivity index (χ4n) is 1.78. The fraction of sp³-hybridized carbons (Fsp3) is 0.231. The van der Waals surface area contributed by atoms with Crippen molar-refractivity contribution in [3.05, 3.63) is 47.8 Å². The third-order valence-electron chi connectivity index (χ3n) is 2.86. The Morgan fingerprint density at radius 2 is 2.20 bits per heavy atom.